The second kappa shape index (κ2) is 6.26. The van der Waals surface area contributed by atoms with Crippen molar-refractivity contribution in [2.45, 2.75) is 25.4 Å². The zero-order chi connectivity index (χ0) is 19.4. The summed E-state index contributed by atoms with van der Waals surface area (Å²) in [7, 11) is 0. The van der Waals surface area contributed by atoms with Gasteiger partial charge < -0.3 is 0 Å². The first-order valence-electron chi connectivity index (χ1n) is 9.58. The summed E-state index contributed by atoms with van der Waals surface area (Å²) in [5.74, 6) is -0.730. The molecule has 2 aromatic carbocycles. The van der Waals surface area contributed by atoms with Gasteiger partial charge in [0.2, 0.25) is 5.91 Å². The molecule has 0 aliphatic carbocycles. The molecule has 3 aliphatic rings. The molecule has 6 nitrogen and oxygen atoms in total. The Morgan fingerprint density at radius 1 is 0.893 bits per heavy atom. The fourth-order valence-electron chi connectivity index (χ4n) is 4.82. The van der Waals surface area contributed by atoms with Gasteiger partial charge in [-0.15, -0.1) is 0 Å². The van der Waals surface area contributed by atoms with Crippen molar-refractivity contribution < 1.29 is 9.59 Å². The van der Waals surface area contributed by atoms with Gasteiger partial charge in [-0.25, -0.2) is 14.9 Å². The summed E-state index contributed by atoms with van der Waals surface area (Å²) in [6.07, 6.45) is 0.990. The lowest BCUT2D eigenvalue weighted by Gasteiger charge is -2.29. The van der Waals surface area contributed by atoms with Gasteiger partial charge in [-0.2, -0.15) is 5.26 Å². The van der Waals surface area contributed by atoms with E-state index in [4.69, 9.17) is 5.26 Å². The maximum Gasteiger partial charge on any atom is 0.253 e. The molecule has 5 rings (SSSR count). The zero-order valence-corrected chi connectivity index (χ0v) is 15.6. The van der Waals surface area contributed by atoms with Crippen LogP contribution in [0.25, 0.3) is 0 Å². The van der Waals surface area contributed by atoms with Crippen LogP contribution in [-0.4, -0.2) is 41.0 Å². The summed E-state index contributed by atoms with van der Waals surface area (Å²) in [6.45, 7) is 3.70. The van der Waals surface area contributed by atoms with Gasteiger partial charge in [0.05, 0.1) is 29.3 Å². The number of amides is 2. The van der Waals surface area contributed by atoms with E-state index in [9.17, 15) is 9.59 Å². The van der Waals surface area contributed by atoms with Crippen LogP contribution in [0.4, 0.5) is 5.69 Å². The summed E-state index contributed by atoms with van der Waals surface area (Å²) in [4.78, 5) is 28.0. The SMILES string of the molecule is Cc1ccc([C@@H]2[C@H]3C(=O)N(c4ccc(C#N)cc4)C(=O)[C@@H]3N3CCCN23)cc1. The van der Waals surface area contributed by atoms with Gasteiger partial charge in [0, 0.05) is 13.1 Å². The van der Waals surface area contributed by atoms with Crippen LogP contribution in [0.3, 0.4) is 0 Å². The van der Waals surface area contributed by atoms with Crippen molar-refractivity contribution in [3.63, 3.8) is 0 Å². The molecule has 0 N–H and O–H groups in total. The normalized spacial score (nSPS) is 27.1. The average molecular weight is 372 g/mol. The summed E-state index contributed by atoms with van der Waals surface area (Å²) >= 11 is 0. The first kappa shape index (κ1) is 17.1. The molecule has 3 atom stereocenters. The lowest BCUT2D eigenvalue weighted by molar-refractivity contribution is -0.126. The maximum absolute atomic E-state index is 13.4. The van der Waals surface area contributed by atoms with Gasteiger partial charge in [0.15, 0.2) is 0 Å². The number of hydrogen-bond acceptors (Lipinski definition) is 5. The van der Waals surface area contributed by atoms with E-state index >= 15 is 0 Å². The van der Waals surface area contributed by atoms with Crippen LogP contribution in [0.15, 0.2) is 48.5 Å². The molecule has 2 aromatic rings. The number of benzene rings is 2. The number of hydrogen-bond donors (Lipinski definition) is 0. The molecule has 3 saturated heterocycles. The van der Waals surface area contributed by atoms with Gasteiger partial charge >= 0.3 is 0 Å². The minimum atomic E-state index is -0.447. The molecule has 0 unspecified atom stereocenters. The largest absolute Gasteiger partial charge is 0.274 e. The van der Waals surface area contributed by atoms with Crippen molar-refractivity contribution >= 4 is 17.5 Å². The molecule has 2 amide bonds. The van der Waals surface area contributed by atoms with Crippen LogP contribution in [0.2, 0.25) is 0 Å². The highest BCUT2D eigenvalue weighted by Crippen LogP contribution is 2.48. The summed E-state index contributed by atoms with van der Waals surface area (Å²) in [5, 5.41) is 13.3. The molecule has 140 valence electrons. The molecule has 6 heteroatoms. The Labute approximate surface area is 163 Å². The molecule has 3 fully saturated rings. The van der Waals surface area contributed by atoms with Crippen LogP contribution >= 0.6 is 0 Å². The molecular weight excluding hydrogens is 352 g/mol. The topological polar surface area (TPSA) is 67.6 Å². The predicted molar refractivity (Wildman–Crippen MR) is 103 cm³/mol. The number of fused-ring (bicyclic) bond motifs is 3. The Hall–Kier alpha value is -3.01. The van der Waals surface area contributed by atoms with Crippen molar-refractivity contribution in [2.75, 3.05) is 18.0 Å². The monoisotopic (exact) mass is 372 g/mol. The fraction of sp³-hybridized carbons (Fsp3) is 0.318. The number of rotatable bonds is 2. The number of anilines is 1. The Balaban J connectivity index is 1.56. The molecule has 0 saturated carbocycles. The third kappa shape index (κ3) is 2.34. The van der Waals surface area contributed by atoms with E-state index in [2.05, 4.69) is 40.4 Å². The second-order valence-electron chi connectivity index (χ2n) is 7.68. The fourth-order valence-corrected chi connectivity index (χ4v) is 4.82. The summed E-state index contributed by atoms with van der Waals surface area (Å²) in [5.41, 5.74) is 3.29. The van der Waals surface area contributed by atoms with Gasteiger partial charge in [-0.1, -0.05) is 29.8 Å². The molecule has 0 radical (unpaired) electrons. The molecule has 0 aromatic heterocycles. The van der Waals surface area contributed by atoms with Gasteiger partial charge in [0.1, 0.15) is 6.04 Å². The number of nitrogens with zero attached hydrogens (tertiary/aromatic N) is 4. The molecule has 28 heavy (non-hydrogen) atoms. The molecule has 3 aliphatic heterocycles. The van der Waals surface area contributed by atoms with E-state index in [1.165, 1.54) is 10.5 Å². The minimum absolute atomic E-state index is 0.118. The van der Waals surface area contributed by atoms with Gasteiger partial charge in [-0.3, -0.25) is 9.59 Å². The van der Waals surface area contributed by atoms with Gasteiger partial charge in [-0.05, 0) is 43.2 Å². The lowest BCUT2D eigenvalue weighted by Crippen LogP contribution is -2.44. The van der Waals surface area contributed by atoms with Crippen LogP contribution in [0.5, 0.6) is 0 Å². The Morgan fingerprint density at radius 3 is 2.18 bits per heavy atom. The van der Waals surface area contributed by atoms with Crippen LogP contribution in [0.1, 0.15) is 29.2 Å². The number of nitriles is 1. The highest BCUT2D eigenvalue weighted by molar-refractivity contribution is 6.24. The van der Waals surface area contributed by atoms with Crippen LogP contribution in [0, 0.1) is 24.2 Å². The highest BCUT2D eigenvalue weighted by atomic mass is 16.2. The Morgan fingerprint density at radius 2 is 1.54 bits per heavy atom. The van der Waals surface area contributed by atoms with E-state index in [1.54, 1.807) is 24.3 Å². The van der Waals surface area contributed by atoms with E-state index in [-0.39, 0.29) is 17.9 Å². The first-order valence-corrected chi connectivity index (χ1v) is 9.58. The number of hydrazine groups is 1. The minimum Gasteiger partial charge on any atom is -0.274 e. The smallest absolute Gasteiger partial charge is 0.253 e. The number of imide groups is 1. The Kier molecular flexibility index (Phi) is 3.83. The van der Waals surface area contributed by atoms with E-state index in [0.717, 1.165) is 25.1 Å². The van der Waals surface area contributed by atoms with E-state index < -0.39 is 12.0 Å². The first-order chi connectivity index (χ1) is 13.6. The van der Waals surface area contributed by atoms with Crippen molar-refractivity contribution in [3.05, 3.63) is 65.2 Å². The molecule has 3 heterocycles. The predicted octanol–water partition coefficient (Wildman–Crippen LogP) is 2.40. The van der Waals surface area contributed by atoms with Crippen molar-refractivity contribution in [1.82, 2.24) is 10.0 Å². The van der Waals surface area contributed by atoms with E-state index in [0.29, 0.717) is 11.3 Å². The highest BCUT2D eigenvalue weighted by Gasteiger charge is 2.62. The third-order valence-corrected chi connectivity index (χ3v) is 6.08. The van der Waals surface area contributed by atoms with Crippen LogP contribution < -0.4 is 4.90 Å². The van der Waals surface area contributed by atoms with Crippen LogP contribution in [-0.2, 0) is 9.59 Å². The standard InChI is InChI=1S/C22H20N4O2/c1-14-3-7-16(8-4-14)19-18-20(25-12-2-11-24(19)25)22(28)26(21(18)27)17-9-5-15(13-23)6-10-17/h3-10,18-20H,2,11-12H2,1H3/t18-,19-,20-/m1/s1. The number of carbonyl (C=O) groups is 2. The van der Waals surface area contributed by atoms with E-state index in [1.807, 2.05) is 6.92 Å². The second-order valence-corrected chi connectivity index (χ2v) is 7.68. The van der Waals surface area contributed by atoms with Crippen molar-refractivity contribution in [1.29, 1.82) is 5.26 Å². The molecule has 0 bridgehead atoms. The van der Waals surface area contributed by atoms with Gasteiger partial charge in [0.25, 0.3) is 5.91 Å². The van der Waals surface area contributed by atoms with Crippen molar-refractivity contribution in [2.24, 2.45) is 5.92 Å². The quantitative estimate of drug-likeness (QED) is 0.758. The summed E-state index contributed by atoms with van der Waals surface area (Å²) < 4.78 is 0. The molecule has 0 spiro atoms. The molecular formula is C22H20N4O2. The number of carbonyl (C=O) groups excluding carboxylic acids is 2. The van der Waals surface area contributed by atoms with Crippen molar-refractivity contribution in [3.8, 4) is 6.07 Å². The summed E-state index contributed by atoms with van der Waals surface area (Å²) in [6, 6.07) is 16.4. The average Bonchev–Trinajstić information content (AvgIpc) is 3.35. The Bertz CT molecular complexity index is 993. The number of aryl methyl sites for hydroxylation is 1. The lowest BCUT2D eigenvalue weighted by atomic mass is 9.89. The third-order valence-electron chi connectivity index (χ3n) is 6.08. The maximum atomic E-state index is 13.4. The zero-order valence-electron chi connectivity index (χ0n) is 15.6.